The molecular weight excluding hydrogens is 376 g/mol. The summed E-state index contributed by atoms with van der Waals surface area (Å²) in [6.45, 7) is 3.55. The molecule has 1 amide bonds. The predicted molar refractivity (Wildman–Crippen MR) is 111 cm³/mol. The molecule has 4 rings (SSSR count). The van der Waals surface area contributed by atoms with Crippen LogP contribution < -0.4 is 10.6 Å². The van der Waals surface area contributed by atoms with Gasteiger partial charge < -0.3 is 0 Å². The van der Waals surface area contributed by atoms with Crippen molar-refractivity contribution in [3.8, 4) is 5.69 Å². The number of hydrazone groups is 1. The van der Waals surface area contributed by atoms with Crippen LogP contribution in [0.1, 0.15) is 18.2 Å². The van der Waals surface area contributed by atoms with E-state index in [9.17, 15) is 9.59 Å². The van der Waals surface area contributed by atoms with E-state index in [2.05, 4.69) is 10.2 Å². The van der Waals surface area contributed by atoms with E-state index >= 15 is 0 Å². The van der Waals surface area contributed by atoms with E-state index < -0.39 is 0 Å². The van der Waals surface area contributed by atoms with Crippen LogP contribution in [0.25, 0.3) is 11.8 Å². The number of anilines is 1. The van der Waals surface area contributed by atoms with Crippen molar-refractivity contribution in [1.82, 2.24) is 9.78 Å². The molecule has 0 fully saturated rings. The third-order valence-corrected chi connectivity index (χ3v) is 4.81. The zero-order chi connectivity index (χ0) is 19.8. The smallest absolute Gasteiger partial charge is 0.280 e. The fourth-order valence-corrected chi connectivity index (χ4v) is 3.20. The number of carbonyl (C=O) groups is 1. The van der Waals surface area contributed by atoms with E-state index in [0.29, 0.717) is 38.9 Å². The number of halogens is 1. The number of aryl methyl sites for hydroxylation is 1. The third kappa shape index (κ3) is 3.08. The Morgan fingerprint density at radius 3 is 2.32 bits per heavy atom. The Morgan fingerprint density at radius 2 is 1.64 bits per heavy atom. The molecule has 7 heteroatoms. The van der Waals surface area contributed by atoms with Crippen molar-refractivity contribution in [2.24, 2.45) is 5.10 Å². The van der Waals surface area contributed by atoms with E-state index in [-0.39, 0.29) is 11.5 Å². The molecule has 3 aromatic rings. The second-order valence-electron chi connectivity index (χ2n) is 6.46. The summed E-state index contributed by atoms with van der Waals surface area (Å²) in [6.07, 6.45) is 1.60. The maximum atomic E-state index is 12.9. The Balaban J connectivity index is 1.74. The minimum absolute atomic E-state index is 0.244. The van der Waals surface area contributed by atoms with Gasteiger partial charge in [0.15, 0.2) is 0 Å². The highest BCUT2D eigenvalue weighted by Crippen LogP contribution is 2.24. The Labute approximate surface area is 166 Å². The van der Waals surface area contributed by atoms with Crippen LogP contribution in [-0.2, 0) is 4.79 Å². The molecule has 0 saturated carbocycles. The third-order valence-electron chi connectivity index (χ3n) is 4.55. The van der Waals surface area contributed by atoms with Gasteiger partial charge in [-0.05, 0) is 56.3 Å². The maximum absolute atomic E-state index is 12.9. The molecule has 0 saturated heterocycles. The van der Waals surface area contributed by atoms with E-state index in [0.717, 1.165) is 0 Å². The fourth-order valence-electron chi connectivity index (χ4n) is 3.07. The molecule has 0 bridgehead atoms. The lowest BCUT2D eigenvalue weighted by Crippen LogP contribution is -2.21. The molecule has 0 unspecified atom stereocenters. The van der Waals surface area contributed by atoms with Crippen molar-refractivity contribution < 1.29 is 4.79 Å². The van der Waals surface area contributed by atoms with E-state index in [1.165, 1.54) is 9.69 Å². The summed E-state index contributed by atoms with van der Waals surface area (Å²) in [6, 6.07) is 16.1. The Hall–Kier alpha value is -3.38. The molecule has 0 atom stereocenters. The Bertz CT molecular complexity index is 1170. The molecule has 2 heterocycles. The summed E-state index contributed by atoms with van der Waals surface area (Å²) in [5, 5.41) is 9.33. The van der Waals surface area contributed by atoms with Crippen LogP contribution in [0, 0.1) is 6.92 Å². The van der Waals surface area contributed by atoms with Gasteiger partial charge in [-0.25, -0.2) is 4.68 Å². The number of hydrogen-bond acceptors (Lipinski definition) is 3. The summed E-state index contributed by atoms with van der Waals surface area (Å²) in [5.74, 6) is -0.262. The Morgan fingerprint density at radius 1 is 0.964 bits per heavy atom. The fraction of sp³-hybridized carbons (Fsp3) is 0.0952. The summed E-state index contributed by atoms with van der Waals surface area (Å²) in [5.41, 5.74) is 3.13. The lowest BCUT2D eigenvalue weighted by atomic mass is 10.1. The number of H-pyrrole nitrogens is 1. The van der Waals surface area contributed by atoms with Crippen LogP contribution in [0.3, 0.4) is 0 Å². The first kappa shape index (κ1) is 18.0. The molecular formula is C21H17ClN4O2. The lowest BCUT2D eigenvalue weighted by Gasteiger charge is -2.10. The number of aromatic nitrogens is 2. The summed E-state index contributed by atoms with van der Waals surface area (Å²) >= 11 is 5.92. The number of para-hydroxylation sites is 1. The molecule has 1 aliphatic rings. The first-order valence-electron chi connectivity index (χ1n) is 8.70. The number of nitrogens with one attached hydrogen (secondary N) is 1. The summed E-state index contributed by atoms with van der Waals surface area (Å²) in [7, 11) is 0. The van der Waals surface area contributed by atoms with E-state index in [4.69, 9.17) is 11.6 Å². The van der Waals surface area contributed by atoms with Gasteiger partial charge in [-0.2, -0.15) is 10.1 Å². The highest BCUT2D eigenvalue weighted by atomic mass is 35.5. The van der Waals surface area contributed by atoms with Crippen LogP contribution in [0.15, 0.2) is 70.1 Å². The molecule has 1 aliphatic heterocycles. The van der Waals surface area contributed by atoms with Crippen LogP contribution in [-0.4, -0.2) is 21.4 Å². The van der Waals surface area contributed by atoms with Gasteiger partial charge in [0.1, 0.15) is 0 Å². The summed E-state index contributed by atoms with van der Waals surface area (Å²) < 4.78 is 1.43. The van der Waals surface area contributed by atoms with Crippen molar-refractivity contribution in [3.63, 3.8) is 0 Å². The number of nitrogens with zero attached hydrogens (tertiary/aromatic N) is 3. The quantitative estimate of drug-likeness (QED) is 0.686. The van der Waals surface area contributed by atoms with Gasteiger partial charge in [0.2, 0.25) is 0 Å². The Kier molecular flexibility index (Phi) is 4.49. The number of aromatic amines is 1. The van der Waals surface area contributed by atoms with Crippen LogP contribution in [0.2, 0.25) is 5.02 Å². The van der Waals surface area contributed by atoms with Crippen molar-refractivity contribution in [2.45, 2.75) is 13.8 Å². The zero-order valence-corrected chi connectivity index (χ0v) is 16.1. The number of carbonyl (C=O) groups excluding carboxylic acids is 1. The highest BCUT2D eigenvalue weighted by Gasteiger charge is 2.29. The molecule has 0 spiro atoms. The minimum Gasteiger partial charge on any atom is -0.295 e. The predicted octanol–water partition coefficient (Wildman–Crippen LogP) is 3.93. The molecule has 0 aliphatic carbocycles. The van der Waals surface area contributed by atoms with Crippen molar-refractivity contribution in [1.29, 1.82) is 0 Å². The van der Waals surface area contributed by atoms with Gasteiger partial charge in [-0.15, -0.1) is 0 Å². The van der Waals surface area contributed by atoms with Crippen molar-refractivity contribution >= 4 is 35.0 Å². The van der Waals surface area contributed by atoms with Crippen LogP contribution in [0.5, 0.6) is 0 Å². The zero-order valence-electron chi connectivity index (χ0n) is 15.3. The van der Waals surface area contributed by atoms with Gasteiger partial charge in [0, 0.05) is 10.7 Å². The van der Waals surface area contributed by atoms with E-state index in [1.54, 1.807) is 44.2 Å². The largest absolute Gasteiger partial charge is 0.295 e. The minimum atomic E-state index is -0.262. The molecule has 1 aromatic heterocycles. The highest BCUT2D eigenvalue weighted by molar-refractivity contribution is 6.32. The molecule has 28 heavy (non-hydrogen) atoms. The molecule has 1 N–H and O–H groups in total. The second-order valence-corrected chi connectivity index (χ2v) is 6.90. The van der Waals surface area contributed by atoms with Crippen LogP contribution >= 0.6 is 11.6 Å². The molecule has 6 nitrogen and oxygen atoms in total. The topological polar surface area (TPSA) is 70.5 Å². The first-order valence-corrected chi connectivity index (χ1v) is 9.08. The summed E-state index contributed by atoms with van der Waals surface area (Å²) in [4.78, 5) is 25.8. The maximum Gasteiger partial charge on any atom is 0.280 e. The molecule has 2 aromatic carbocycles. The number of rotatable bonds is 3. The normalized spacial score (nSPS) is 15.4. The van der Waals surface area contributed by atoms with Gasteiger partial charge in [-0.3, -0.25) is 14.7 Å². The van der Waals surface area contributed by atoms with Gasteiger partial charge in [0.25, 0.3) is 11.5 Å². The lowest BCUT2D eigenvalue weighted by molar-refractivity contribution is -0.114. The van der Waals surface area contributed by atoms with Crippen molar-refractivity contribution in [3.05, 3.63) is 86.8 Å². The first-order chi connectivity index (χ1) is 13.5. The standard InChI is InChI=1S/C21H17ClN4O2/c1-13-18(20(27)25(23-13)16-6-4-3-5-7-16)12-19-14(2)24-26(21(19)28)17-10-8-15(22)9-11-17/h3-12,24H,1-2H3/b18-12+. The average molecular weight is 393 g/mol. The van der Waals surface area contributed by atoms with Crippen molar-refractivity contribution in [2.75, 3.05) is 5.01 Å². The molecule has 0 radical (unpaired) electrons. The van der Waals surface area contributed by atoms with Gasteiger partial charge in [0.05, 0.1) is 28.2 Å². The number of benzene rings is 2. The SMILES string of the molecule is CC1=NN(c2ccccc2)C(=O)/C1=C/c1c(C)[nH]n(-c2ccc(Cl)cc2)c1=O. The number of amides is 1. The van der Waals surface area contributed by atoms with E-state index in [1.807, 2.05) is 30.3 Å². The number of hydrogen-bond donors (Lipinski definition) is 1. The van der Waals surface area contributed by atoms with Crippen LogP contribution in [0.4, 0.5) is 5.69 Å². The van der Waals surface area contributed by atoms with Gasteiger partial charge in [-0.1, -0.05) is 29.8 Å². The molecule has 140 valence electrons. The monoisotopic (exact) mass is 392 g/mol. The average Bonchev–Trinajstić information content (AvgIpc) is 3.14. The second kappa shape index (κ2) is 6.98. The van der Waals surface area contributed by atoms with Gasteiger partial charge >= 0.3 is 0 Å².